The maximum atomic E-state index is 9.07. The Morgan fingerprint density at radius 3 is 3.15 bits per heavy atom. The van der Waals surface area contributed by atoms with Gasteiger partial charge in [0.2, 0.25) is 0 Å². The Morgan fingerprint density at radius 2 is 2.46 bits per heavy atom. The lowest BCUT2D eigenvalue weighted by atomic mass is 10.1. The van der Waals surface area contributed by atoms with Crippen LogP contribution in [0.3, 0.4) is 0 Å². The van der Waals surface area contributed by atoms with Gasteiger partial charge in [0.25, 0.3) is 0 Å². The van der Waals surface area contributed by atoms with E-state index in [2.05, 4.69) is 12.0 Å². The zero-order valence-electron chi connectivity index (χ0n) is 7.79. The van der Waals surface area contributed by atoms with Crippen LogP contribution in [-0.2, 0) is 30.9 Å². The van der Waals surface area contributed by atoms with Crippen molar-refractivity contribution in [2.45, 2.75) is 33.1 Å². The molecule has 0 radical (unpaired) electrons. The van der Waals surface area contributed by atoms with Gasteiger partial charge in [-0.2, -0.15) is 5.10 Å². The molecular formula is C9H14N2O2. The highest BCUT2D eigenvalue weighted by molar-refractivity contribution is 5.27. The van der Waals surface area contributed by atoms with E-state index in [-0.39, 0.29) is 6.61 Å². The molecule has 1 aliphatic rings. The van der Waals surface area contributed by atoms with Crippen LogP contribution in [0.2, 0.25) is 0 Å². The van der Waals surface area contributed by atoms with Crippen LogP contribution in [0.4, 0.5) is 0 Å². The molecule has 0 amide bonds. The van der Waals surface area contributed by atoms with E-state index in [1.54, 1.807) is 0 Å². The fraction of sp³-hybridized carbons (Fsp3) is 0.667. The molecule has 0 bridgehead atoms. The molecule has 72 valence electrons. The van der Waals surface area contributed by atoms with Crippen LogP contribution < -0.4 is 0 Å². The Bertz CT molecular complexity index is 278. The number of ether oxygens (including phenoxy) is 1. The summed E-state index contributed by atoms with van der Waals surface area (Å²) in [5, 5.41) is 13.4. The highest BCUT2D eigenvalue weighted by atomic mass is 16.5. The van der Waals surface area contributed by atoms with Gasteiger partial charge in [-0.3, -0.25) is 4.68 Å². The minimum absolute atomic E-state index is 0.0126. The van der Waals surface area contributed by atoms with Crippen molar-refractivity contribution in [2.24, 2.45) is 0 Å². The Morgan fingerprint density at radius 1 is 1.62 bits per heavy atom. The van der Waals surface area contributed by atoms with E-state index in [0.717, 1.165) is 30.8 Å². The molecule has 0 aromatic carbocycles. The maximum Gasteiger partial charge on any atom is 0.0937 e. The fourth-order valence-corrected chi connectivity index (χ4v) is 1.77. The second kappa shape index (κ2) is 3.47. The number of hydrogen-bond acceptors (Lipinski definition) is 3. The van der Waals surface area contributed by atoms with Crippen molar-refractivity contribution in [1.29, 1.82) is 0 Å². The minimum Gasteiger partial charge on any atom is -0.390 e. The second-order valence-electron chi connectivity index (χ2n) is 3.15. The first-order valence-electron chi connectivity index (χ1n) is 4.62. The molecule has 0 fully saturated rings. The van der Waals surface area contributed by atoms with Gasteiger partial charge in [0.1, 0.15) is 0 Å². The van der Waals surface area contributed by atoms with E-state index in [0.29, 0.717) is 6.61 Å². The largest absolute Gasteiger partial charge is 0.390 e. The lowest BCUT2D eigenvalue weighted by molar-refractivity contribution is 0.107. The van der Waals surface area contributed by atoms with Gasteiger partial charge in [-0.05, 0) is 6.92 Å². The first-order valence-corrected chi connectivity index (χ1v) is 4.62. The van der Waals surface area contributed by atoms with Crippen molar-refractivity contribution >= 4 is 0 Å². The predicted molar refractivity (Wildman–Crippen MR) is 47.2 cm³/mol. The Labute approximate surface area is 77.1 Å². The van der Waals surface area contributed by atoms with Gasteiger partial charge in [0.15, 0.2) is 0 Å². The van der Waals surface area contributed by atoms with Gasteiger partial charge >= 0.3 is 0 Å². The molecule has 1 N–H and O–H groups in total. The summed E-state index contributed by atoms with van der Waals surface area (Å²) in [6.45, 7) is 4.31. The Hall–Kier alpha value is -0.870. The number of nitrogens with zero attached hydrogens (tertiary/aromatic N) is 2. The average Bonchev–Trinajstić information content (AvgIpc) is 2.56. The summed E-state index contributed by atoms with van der Waals surface area (Å²) in [7, 11) is 0. The predicted octanol–water partition coefficient (Wildman–Crippen LogP) is 0.468. The molecule has 0 saturated carbocycles. The number of aliphatic hydroxyl groups excluding tert-OH is 1. The molecule has 13 heavy (non-hydrogen) atoms. The molecule has 4 nitrogen and oxygen atoms in total. The fourth-order valence-electron chi connectivity index (χ4n) is 1.77. The van der Waals surface area contributed by atoms with Crippen LogP contribution in [-0.4, -0.2) is 21.5 Å². The van der Waals surface area contributed by atoms with Gasteiger partial charge in [-0.25, -0.2) is 0 Å². The highest BCUT2D eigenvalue weighted by Crippen LogP contribution is 2.20. The molecule has 0 spiro atoms. The summed E-state index contributed by atoms with van der Waals surface area (Å²) in [5.74, 6) is 0. The number of hydrogen-bond donors (Lipinski definition) is 1. The SMILES string of the molecule is CCn1nc(CO)c2c1CCOC2. The number of aryl methyl sites for hydroxylation is 1. The van der Waals surface area contributed by atoms with E-state index in [9.17, 15) is 0 Å². The topological polar surface area (TPSA) is 47.3 Å². The van der Waals surface area contributed by atoms with Crippen LogP contribution >= 0.6 is 0 Å². The zero-order chi connectivity index (χ0) is 9.26. The summed E-state index contributed by atoms with van der Waals surface area (Å²) >= 11 is 0. The van der Waals surface area contributed by atoms with Crippen LogP contribution in [0.25, 0.3) is 0 Å². The van der Waals surface area contributed by atoms with E-state index >= 15 is 0 Å². The summed E-state index contributed by atoms with van der Waals surface area (Å²) < 4.78 is 7.29. The molecule has 0 saturated heterocycles. The quantitative estimate of drug-likeness (QED) is 0.723. The van der Waals surface area contributed by atoms with Gasteiger partial charge in [-0.1, -0.05) is 0 Å². The summed E-state index contributed by atoms with van der Waals surface area (Å²) in [4.78, 5) is 0. The lowest BCUT2D eigenvalue weighted by Crippen LogP contribution is -2.13. The summed E-state index contributed by atoms with van der Waals surface area (Å²) in [6.07, 6.45) is 0.913. The van der Waals surface area contributed by atoms with Crippen molar-refractivity contribution in [1.82, 2.24) is 9.78 Å². The van der Waals surface area contributed by atoms with Crippen molar-refractivity contribution in [3.8, 4) is 0 Å². The van der Waals surface area contributed by atoms with Crippen LogP contribution in [0.5, 0.6) is 0 Å². The van der Waals surface area contributed by atoms with Crippen LogP contribution in [0.15, 0.2) is 0 Å². The molecule has 2 rings (SSSR count). The smallest absolute Gasteiger partial charge is 0.0937 e. The average molecular weight is 182 g/mol. The standard InChI is InChI=1S/C9H14N2O2/c1-2-11-9-3-4-13-6-7(9)8(5-12)10-11/h12H,2-6H2,1H3. The zero-order valence-corrected chi connectivity index (χ0v) is 7.79. The van der Waals surface area contributed by atoms with Gasteiger partial charge in [-0.15, -0.1) is 0 Å². The molecule has 4 heteroatoms. The van der Waals surface area contributed by atoms with Crippen molar-refractivity contribution in [3.05, 3.63) is 17.0 Å². The van der Waals surface area contributed by atoms with E-state index in [1.807, 2.05) is 4.68 Å². The Kier molecular flexibility index (Phi) is 2.33. The van der Waals surface area contributed by atoms with E-state index in [4.69, 9.17) is 9.84 Å². The minimum atomic E-state index is 0.0126. The molecule has 1 aliphatic heterocycles. The third-order valence-electron chi connectivity index (χ3n) is 2.43. The van der Waals surface area contributed by atoms with E-state index < -0.39 is 0 Å². The van der Waals surface area contributed by atoms with Crippen molar-refractivity contribution < 1.29 is 9.84 Å². The maximum absolute atomic E-state index is 9.07. The van der Waals surface area contributed by atoms with Crippen molar-refractivity contribution in [2.75, 3.05) is 6.61 Å². The summed E-state index contributed by atoms with van der Waals surface area (Å²) in [5.41, 5.74) is 3.10. The van der Waals surface area contributed by atoms with Crippen LogP contribution in [0.1, 0.15) is 23.9 Å². The van der Waals surface area contributed by atoms with Gasteiger partial charge in [0.05, 0.1) is 25.5 Å². The molecule has 1 aromatic heterocycles. The molecule has 2 heterocycles. The number of aromatic nitrogens is 2. The van der Waals surface area contributed by atoms with Crippen molar-refractivity contribution in [3.63, 3.8) is 0 Å². The molecule has 0 atom stereocenters. The van der Waals surface area contributed by atoms with E-state index in [1.165, 1.54) is 5.69 Å². The monoisotopic (exact) mass is 182 g/mol. The number of aliphatic hydroxyl groups is 1. The highest BCUT2D eigenvalue weighted by Gasteiger charge is 2.19. The molecule has 1 aromatic rings. The first kappa shape index (κ1) is 8.72. The summed E-state index contributed by atoms with van der Waals surface area (Å²) in [6, 6.07) is 0. The third kappa shape index (κ3) is 1.36. The van der Waals surface area contributed by atoms with Crippen LogP contribution in [0, 0.1) is 0 Å². The molecule has 0 unspecified atom stereocenters. The third-order valence-corrected chi connectivity index (χ3v) is 2.43. The van der Waals surface area contributed by atoms with Gasteiger partial charge < -0.3 is 9.84 Å². The first-order chi connectivity index (χ1) is 6.36. The second-order valence-corrected chi connectivity index (χ2v) is 3.15. The Balaban J connectivity index is 2.44. The normalized spacial score (nSPS) is 15.8. The number of fused-ring (bicyclic) bond motifs is 1. The molecular weight excluding hydrogens is 168 g/mol. The number of rotatable bonds is 2. The lowest BCUT2D eigenvalue weighted by Gasteiger charge is -2.14. The molecule has 0 aliphatic carbocycles. The van der Waals surface area contributed by atoms with Gasteiger partial charge in [0, 0.05) is 24.2 Å².